The Kier molecular flexibility index (Phi) is 4.96. The van der Waals surface area contributed by atoms with E-state index in [0.29, 0.717) is 38.1 Å². The van der Waals surface area contributed by atoms with Gasteiger partial charge in [-0.05, 0) is 31.2 Å². The van der Waals surface area contributed by atoms with Gasteiger partial charge in [0.05, 0.1) is 23.0 Å². The van der Waals surface area contributed by atoms with E-state index in [9.17, 15) is 4.79 Å². The van der Waals surface area contributed by atoms with Gasteiger partial charge in [-0.15, -0.1) is 0 Å². The summed E-state index contributed by atoms with van der Waals surface area (Å²) in [5.74, 6) is -0.344. The number of nitrogens with one attached hydrogen (secondary N) is 1. The molecular weight excluding hydrogens is 462 g/mol. The zero-order valence-electron chi connectivity index (χ0n) is 18.7. The lowest BCUT2D eigenvalue weighted by atomic mass is 10.0. The molecule has 0 aliphatic carbocycles. The molecule has 11 heteroatoms. The lowest BCUT2D eigenvalue weighted by Crippen LogP contribution is -2.14. The number of aryl methyl sites for hydroxylation is 2. The molecule has 0 saturated carbocycles. The maximum atomic E-state index is 13.3. The predicted molar refractivity (Wildman–Crippen MR) is 133 cm³/mol. The average molecular weight is 480 g/mol. The first kappa shape index (κ1) is 20.9. The van der Waals surface area contributed by atoms with Crippen LogP contribution in [0.5, 0.6) is 0 Å². The van der Waals surface area contributed by atoms with E-state index in [1.165, 1.54) is 11.3 Å². The first-order valence-corrected chi connectivity index (χ1v) is 11.5. The third-order valence-corrected chi connectivity index (χ3v) is 6.37. The van der Waals surface area contributed by atoms with Crippen molar-refractivity contribution in [2.24, 2.45) is 7.05 Å². The molecule has 0 aromatic carbocycles. The van der Waals surface area contributed by atoms with Crippen LogP contribution in [0.25, 0.3) is 43.9 Å². The normalized spacial score (nSPS) is 11.3. The molecule has 0 fully saturated rings. The molecule has 0 saturated heterocycles. The molecule has 6 rings (SSSR count). The second-order valence-electron chi connectivity index (χ2n) is 7.83. The van der Waals surface area contributed by atoms with Crippen LogP contribution in [0.4, 0.5) is 5.13 Å². The second kappa shape index (κ2) is 8.29. The minimum Gasteiger partial charge on any atom is -0.298 e. The Bertz CT molecular complexity index is 1730. The van der Waals surface area contributed by atoms with Gasteiger partial charge in [-0.3, -0.25) is 29.7 Å². The van der Waals surface area contributed by atoms with Crippen molar-refractivity contribution in [3.8, 4) is 22.5 Å². The molecule has 6 aromatic rings. The number of pyridine rings is 3. The van der Waals surface area contributed by atoms with Gasteiger partial charge >= 0.3 is 0 Å². The number of carbonyl (C=O) groups is 1. The zero-order valence-corrected chi connectivity index (χ0v) is 19.5. The number of hydrogen-bond acceptors (Lipinski definition) is 9. The standard InChI is InChI=1S/C24H17N9OS/c1-13-9-15(20-17-10-26-8-5-19(17)33(2)32-20)16(11-27-13)22(34)31-24-30-21-23(35-24)29-18(12-28-21)14-3-6-25-7-4-14/h3-12H,1-2H3,(H,28,30,31,34). The maximum absolute atomic E-state index is 13.3. The van der Waals surface area contributed by atoms with E-state index in [1.807, 2.05) is 38.2 Å². The highest BCUT2D eigenvalue weighted by Gasteiger charge is 2.21. The molecule has 1 N–H and O–H groups in total. The zero-order chi connectivity index (χ0) is 23.9. The summed E-state index contributed by atoms with van der Waals surface area (Å²) < 4.78 is 1.77. The van der Waals surface area contributed by atoms with E-state index in [0.717, 1.165) is 22.2 Å². The Hall–Kier alpha value is -4.64. The van der Waals surface area contributed by atoms with Crippen molar-refractivity contribution in [3.63, 3.8) is 0 Å². The van der Waals surface area contributed by atoms with Gasteiger partial charge in [-0.2, -0.15) is 10.1 Å². The summed E-state index contributed by atoms with van der Waals surface area (Å²) >= 11 is 1.26. The third-order valence-electron chi connectivity index (χ3n) is 5.51. The fraction of sp³-hybridized carbons (Fsp3) is 0.0833. The van der Waals surface area contributed by atoms with Crippen LogP contribution in [0.3, 0.4) is 0 Å². The Balaban J connectivity index is 1.36. The summed E-state index contributed by atoms with van der Waals surface area (Å²) in [4.78, 5) is 40.1. The average Bonchev–Trinajstić information content (AvgIpc) is 3.44. The first-order valence-electron chi connectivity index (χ1n) is 10.7. The van der Waals surface area contributed by atoms with E-state index in [-0.39, 0.29) is 5.91 Å². The molecule has 0 aliphatic heterocycles. The van der Waals surface area contributed by atoms with Gasteiger partial charge in [-0.1, -0.05) is 11.3 Å². The number of rotatable bonds is 4. The number of anilines is 1. The van der Waals surface area contributed by atoms with Crippen molar-refractivity contribution in [3.05, 3.63) is 72.7 Å². The van der Waals surface area contributed by atoms with E-state index in [1.54, 1.807) is 41.9 Å². The summed E-state index contributed by atoms with van der Waals surface area (Å²) in [7, 11) is 1.86. The number of nitrogens with zero attached hydrogens (tertiary/aromatic N) is 8. The van der Waals surface area contributed by atoms with Crippen LogP contribution in [0.2, 0.25) is 0 Å². The first-order chi connectivity index (χ1) is 17.1. The number of fused-ring (bicyclic) bond motifs is 2. The highest BCUT2D eigenvalue weighted by atomic mass is 32.1. The van der Waals surface area contributed by atoms with Crippen molar-refractivity contribution in [2.75, 3.05) is 5.32 Å². The Labute approximate surface area is 202 Å². The van der Waals surface area contributed by atoms with Gasteiger partial charge in [0, 0.05) is 60.2 Å². The van der Waals surface area contributed by atoms with Crippen molar-refractivity contribution in [1.29, 1.82) is 0 Å². The van der Waals surface area contributed by atoms with Crippen molar-refractivity contribution in [2.45, 2.75) is 6.92 Å². The molecular formula is C24H17N9OS. The highest BCUT2D eigenvalue weighted by Crippen LogP contribution is 2.31. The fourth-order valence-electron chi connectivity index (χ4n) is 3.85. The molecule has 0 aliphatic rings. The maximum Gasteiger partial charge on any atom is 0.259 e. The molecule has 0 unspecified atom stereocenters. The smallest absolute Gasteiger partial charge is 0.259 e. The van der Waals surface area contributed by atoms with Gasteiger partial charge in [0.25, 0.3) is 5.91 Å². The van der Waals surface area contributed by atoms with Gasteiger partial charge < -0.3 is 0 Å². The minimum absolute atomic E-state index is 0.344. The summed E-state index contributed by atoms with van der Waals surface area (Å²) in [6.07, 6.45) is 10.1. The molecule has 6 heterocycles. The van der Waals surface area contributed by atoms with Crippen LogP contribution in [-0.4, -0.2) is 45.6 Å². The molecule has 1 amide bonds. The molecule has 6 aromatic heterocycles. The second-order valence-corrected chi connectivity index (χ2v) is 8.81. The number of carbonyl (C=O) groups excluding carboxylic acids is 1. The summed E-state index contributed by atoms with van der Waals surface area (Å²) in [5, 5.41) is 8.79. The fourth-order valence-corrected chi connectivity index (χ4v) is 4.64. The molecule has 170 valence electrons. The summed E-state index contributed by atoms with van der Waals surface area (Å²) in [6.45, 7) is 1.87. The Morgan fingerprint density at radius 2 is 1.83 bits per heavy atom. The minimum atomic E-state index is -0.344. The number of aromatic nitrogens is 8. The van der Waals surface area contributed by atoms with Crippen molar-refractivity contribution < 1.29 is 4.79 Å². The number of hydrogen-bond donors (Lipinski definition) is 1. The highest BCUT2D eigenvalue weighted by molar-refractivity contribution is 7.21. The summed E-state index contributed by atoms with van der Waals surface area (Å²) in [5.41, 5.74) is 5.50. The monoisotopic (exact) mass is 479 g/mol. The number of amides is 1. The molecule has 0 bridgehead atoms. The van der Waals surface area contributed by atoms with Crippen LogP contribution in [-0.2, 0) is 7.05 Å². The number of thiazole rings is 1. The molecule has 0 atom stereocenters. The summed E-state index contributed by atoms with van der Waals surface area (Å²) in [6, 6.07) is 7.47. The van der Waals surface area contributed by atoms with Gasteiger partial charge in [0.2, 0.25) is 0 Å². The lowest BCUT2D eigenvalue weighted by molar-refractivity contribution is 0.102. The van der Waals surface area contributed by atoms with E-state index in [4.69, 9.17) is 0 Å². The largest absolute Gasteiger partial charge is 0.298 e. The Morgan fingerprint density at radius 3 is 2.69 bits per heavy atom. The quantitative estimate of drug-likeness (QED) is 0.401. The van der Waals surface area contributed by atoms with Crippen LogP contribution in [0.1, 0.15) is 16.1 Å². The SMILES string of the molecule is Cc1cc(-c2nn(C)c3ccncc23)c(C(=O)Nc2nc3ncc(-c4ccncc4)nc3s2)cn1. The van der Waals surface area contributed by atoms with Gasteiger partial charge in [-0.25, -0.2) is 9.97 Å². The van der Waals surface area contributed by atoms with Crippen molar-refractivity contribution >= 4 is 43.8 Å². The van der Waals surface area contributed by atoms with Crippen LogP contribution in [0.15, 0.2) is 61.4 Å². The lowest BCUT2D eigenvalue weighted by Gasteiger charge is -2.08. The van der Waals surface area contributed by atoms with E-state index in [2.05, 4.69) is 40.3 Å². The van der Waals surface area contributed by atoms with E-state index >= 15 is 0 Å². The van der Waals surface area contributed by atoms with Gasteiger partial charge in [0.1, 0.15) is 5.69 Å². The van der Waals surface area contributed by atoms with Gasteiger partial charge in [0.15, 0.2) is 15.6 Å². The van der Waals surface area contributed by atoms with Crippen molar-refractivity contribution in [1.82, 2.24) is 39.7 Å². The molecule has 10 nitrogen and oxygen atoms in total. The molecule has 35 heavy (non-hydrogen) atoms. The Morgan fingerprint density at radius 1 is 1.00 bits per heavy atom. The predicted octanol–water partition coefficient (Wildman–Crippen LogP) is 4.05. The van der Waals surface area contributed by atoms with Crippen LogP contribution < -0.4 is 5.32 Å². The molecule has 0 spiro atoms. The van der Waals surface area contributed by atoms with E-state index < -0.39 is 0 Å². The van der Waals surface area contributed by atoms with Crippen LogP contribution in [0, 0.1) is 6.92 Å². The molecule has 0 radical (unpaired) electrons. The topological polar surface area (TPSA) is 124 Å². The van der Waals surface area contributed by atoms with Crippen LogP contribution >= 0.6 is 11.3 Å². The third kappa shape index (κ3) is 3.77.